The standard InChI is InChI=1S/C47H36N3S.C14H16NSi.Ir/c1-30-22-24-33(25-23-30)40-27-26-36-35-18-13-19-37(44(35)51-46(36)49-40)45-48-41-20-11-12-21-42(41)50(45)43-38(31-14-7-5-8-15-31)28-34(47(2,3)4)29-39(43)32-16-9-6-10-17-32;1-16(2,3)13-9-10-14(15-11-13)12-7-5-4-6-8-12;/h5-18,20-29H,1-4H3;4-7,9-11H,1-3H3;/q2*-1;/i1D3;;. The summed E-state index contributed by atoms with van der Waals surface area (Å²) in [5.74, 6) is 0.812. The molecule has 7 aromatic carbocycles. The number of imidazole rings is 1. The Balaban J connectivity index is 0.000000313. The molecule has 0 spiro atoms. The summed E-state index contributed by atoms with van der Waals surface area (Å²) in [6, 6.07) is 68.7. The van der Waals surface area contributed by atoms with E-state index in [2.05, 4.69) is 177 Å². The van der Waals surface area contributed by atoms with Gasteiger partial charge < -0.3 is 9.55 Å². The molecule has 0 aliphatic carbocycles. The molecule has 4 heterocycles. The number of nitrogens with zero attached hydrogens (tertiary/aromatic N) is 4. The van der Waals surface area contributed by atoms with Gasteiger partial charge in [0.15, 0.2) is 0 Å². The van der Waals surface area contributed by atoms with Crippen LogP contribution in [-0.4, -0.2) is 27.6 Å². The van der Waals surface area contributed by atoms with Gasteiger partial charge in [0.05, 0.1) is 36.3 Å². The van der Waals surface area contributed by atoms with Crippen LogP contribution >= 0.6 is 11.3 Å². The zero-order valence-corrected chi connectivity index (χ0v) is 43.1. The van der Waals surface area contributed by atoms with Crippen LogP contribution in [0.1, 0.15) is 36.0 Å². The van der Waals surface area contributed by atoms with Crippen molar-refractivity contribution in [2.45, 2.75) is 52.7 Å². The number of aromatic nitrogens is 4. The Morgan fingerprint density at radius 3 is 1.90 bits per heavy atom. The molecule has 0 fully saturated rings. The van der Waals surface area contributed by atoms with Crippen LogP contribution in [0, 0.1) is 19.0 Å². The van der Waals surface area contributed by atoms with Crippen molar-refractivity contribution in [1.29, 1.82) is 0 Å². The van der Waals surface area contributed by atoms with E-state index in [4.69, 9.17) is 14.1 Å². The van der Waals surface area contributed by atoms with Gasteiger partial charge >= 0.3 is 0 Å². The first-order valence-corrected chi connectivity index (χ1v) is 27.0. The molecule has 0 saturated heterocycles. The maximum atomic E-state index is 7.77. The fourth-order valence-corrected chi connectivity index (χ4v) is 10.7. The van der Waals surface area contributed by atoms with E-state index in [1.165, 1.54) is 10.8 Å². The van der Waals surface area contributed by atoms with Gasteiger partial charge in [-0.3, -0.25) is 4.98 Å². The molecular weight excluding hydrogens is 1040 g/mol. The van der Waals surface area contributed by atoms with E-state index in [-0.39, 0.29) is 25.5 Å². The monoisotopic (exact) mass is 1100 g/mol. The number of fused-ring (bicyclic) bond motifs is 4. The van der Waals surface area contributed by atoms with Crippen molar-refractivity contribution in [3.05, 3.63) is 211 Å². The van der Waals surface area contributed by atoms with Crippen molar-refractivity contribution in [2.24, 2.45) is 0 Å². The first-order valence-electron chi connectivity index (χ1n) is 24.2. The molecule has 0 N–H and O–H groups in total. The van der Waals surface area contributed by atoms with Gasteiger partial charge in [0, 0.05) is 47.1 Å². The van der Waals surface area contributed by atoms with Crippen LogP contribution in [0.4, 0.5) is 0 Å². The van der Waals surface area contributed by atoms with Gasteiger partial charge in [-0.15, -0.1) is 54.1 Å². The first kappa shape index (κ1) is 42.7. The average molecular weight is 1100 g/mol. The molecule has 337 valence electrons. The second kappa shape index (κ2) is 19.2. The van der Waals surface area contributed by atoms with Gasteiger partial charge in [-0.2, -0.15) is 11.3 Å². The summed E-state index contributed by atoms with van der Waals surface area (Å²) in [6.07, 6.45) is 2.02. The van der Waals surface area contributed by atoms with E-state index in [1.54, 1.807) is 23.5 Å². The number of aryl methyl sites for hydroxylation is 1. The van der Waals surface area contributed by atoms with Gasteiger partial charge in [-0.05, 0) is 80.3 Å². The Hall–Kier alpha value is -6.60. The normalized spacial score (nSPS) is 12.5. The number of benzene rings is 7. The van der Waals surface area contributed by atoms with E-state index < -0.39 is 14.9 Å². The molecular formula is C61H52IrN4SSi-2. The molecule has 4 aromatic heterocycles. The van der Waals surface area contributed by atoms with Gasteiger partial charge in [0.2, 0.25) is 0 Å². The van der Waals surface area contributed by atoms with Gasteiger partial charge in [0.1, 0.15) is 4.83 Å². The van der Waals surface area contributed by atoms with E-state index in [1.807, 2.05) is 60.8 Å². The van der Waals surface area contributed by atoms with Crippen LogP contribution in [0.25, 0.3) is 93.2 Å². The Morgan fingerprint density at radius 2 is 1.28 bits per heavy atom. The predicted molar refractivity (Wildman–Crippen MR) is 287 cm³/mol. The van der Waals surface area contributed by atoms with E-state index in [0.717, 1.165) is 93.2 Å². The van der Waals surface area contributed by atoms with E-state index in [0.29, 0.717) is 5.56 Å². The number of thiophene rings is 1. The van der Waals surface area contributed by atoms with Crippen molar-refractivity contribution in [3.63, 3.8) is 0 Å². The second-order valence-electron chi connectivity index (χ2n) is 18.9. The van der Waals surface area contributed by atoms with Crippen LogP contribution in [-0.2, 0) is 25.5 Å². The van der Waals surface area contributed by atoms with Crippen LogP contribution in [0.3, 0.4) is 0 Å². The molecule has 0 bridgehead atoms. The molecule has 0 saturated carbocycles. The molecule has 1 radical (unpaired) electrons. The third-order valence-electron chi connectivity index (χ3n) is 12.2. The fraction of sp³-hybridized carbons (Fsp3) is 0.131. The first-order chi connectivity index (χ1) is 33.6. The molecule has 4 nitrogen and oxygen atoms in total. The number of rotatable bonds is 7. The molecule has 68 heavy (non-hydrogen) atoms. The van der Waals surface area contributed by atoms with Crippen molar-refractivity contribution in [1.82, 2.24) is 19.5 Å². The largest absolute Gasteiger partial charge is 0.332 e. The number of hydrogen-bond donors (Lipinski definition) is 0. The summed E-state index contributed by atoms with van der Waals surface area (Å²) >= 11 is 1.63. The third-order valence-corrected chi connectivity index (χ3v) is 15.4. The quantitative estimate of drug-likeness (QED) is 0.118. The number of para-hydroxylation sites is 2. The smallest absolute Gasteiger partial charge is 0.114 e. The third kappa shape index (κ3) is 9.32. The molecule has 11 aromatic rings. The molecule has 0 unspecified atom stereocenters. The average Bonchev–Trinajstić information content (AvgIpc) is 3.95. The van der Waals surface area contributed by atoms with Crippen LogP contribution in [0.5, 0.6) is 0 Å². The van der Waals surface area contributed by atoms with Gasteiger partial charge in [-0.1, -0.05) is 172 Å². The summed E-state index contributed by atoms with van der Waals surface area (Å²) in [5.41, 5.74) is 13.6. The Bertz CT molecular complexity index is 3580. The Morgan fingerprint density at radius 1 is 0.618 bits per heavy atom. The summed E-state index contributed by atoms with van der Waals surface area (Å²) in [5, 5.41) is 3.54. The predicted octanol–water partition coefficient (Wildman–Crippen LogP) is 16.0. The molecule has 0 aliphatic rings. The van der Waals surface area contributed by atoms with Crippen molar-refractivity contribution >= 4 is 55.9 Å². The summed E-state index contributed by atoms with van der Waals surface area (Å²) < 4.78 is 26.7. The van der Waals surface area contributed by atoms with Crippen molar-refractivity contribution in [3.8, 4) is 61.8 Å². The minimum atomic E-state index is -2.15. The Labute approximate surface area is 423 Å². The molecule has 11 rings (SSSR count). The maximum Gasteiger partial charge on any atom is 0.114 e. The van der Waals surface area contributed by atoms with E-state index >= 15 is 0 Å². The minimum Gasteiger partial charge on any atom is -0.332 e. The summed E-state index contributed by atoms with van der Waals surface area (Å²) in [4.78, 5) is 15.9. The maximum absolute atomic E-state index is 7.77. The van der Waals surface area contributed by atoms with Crippen molar-refractivity contribution < 1.29 is 24.2 Å². The van der Waals surface area contributed by atoms with Crippen LogP contribution < -0.4 is 5.19 Å². The second-order valence-corrected chi connectivity index (χ2v) is 25.0. The Kier molecular flexibility index (Phi) is 12.1. The van der Waals surface area contributed by atoms with E-state index in [9.17, 15) is 0 Å². The molecule has 0 atom stereocenters. The van der Waals surface area contributed by atoms with Gasteiger partial charge in [0.25, 0.3) is 0 Å². The summed E-state index contributed by atoms with van der Waals surface area (Å²) in [6.45, 7) is 11.7. The minimum absolute atomic E-state index is 0. The molecule has 0 amide bonds. The zero-order chi connectivity index (χ0) is 48.8. The topological polar surface area (TPSA) is 43.6 Å². The number of pyridine rings is 2. The summed E-state index contributed by atoms with van der Waals surface area (Å²) in [7, 11) is -1.23. The SMILES string of the molecule is C[Si](C)(C)c1ccc(-c2[c-]cccc2)nc1.[2H]C([2H])([2H])c1ccc(-c2ccc3c(n2)sc2c(-c4nc5ccccc5n4-c4c(-c5ccccc5)cc(C(C)(C)C)cc4-c4ccccc4)[c-]ccc23)cc1.[Ir]. The fourth-order valence-electron chi connectivity index (χ4n) is 8.54. The van der Waals surface area contributed by atoms with Gasteiger partial charge in [-0.25, -0.2) is 4.98 Å². The van der Waals surface area contributed by atoms with Crippen molar-refractivity contribution in [2.75, 3.05) is 0 Å². The number of hydrogen-bond acceptors (Lipinski definition) is 4. The zero-order valence-electron chi connectivity index (χ0n) is 41.9. The van der Waals surface area contributed by atoms with Crippen LogP contribution in [0.15, 0.2) is 188 Å². The molecule has 7 heteroatoms. The van der Waals surface area contributed by atoms with Crippen LogP contribution in [0.2, 0.25) is 19.6 Å². The molecule has 0 aliphatic heterocycles.